The first kappa shape index (κ1) is 8.86. The molecule has 0 aromatic rings. The van der Waals surface area contributed by atoms with Crippen LogP contribution < -0.4 is 0 Å². The highest BCUT2D eigenvalue weighted by Gasteiger charge is 2.22. The fraction of sp³-hybridized carbons (Fsp3) is 0.750. The van der Waals surface area contributed by atoms with Crippen LogP contribution in [0, 0.1) is 0 Å². The van der Waals surface area contributed by atoms with Gasteiger partial charge in [0.15, 0.2) is 0 Å². The Morgan fingerprint density at radius 2 is 2.00 bits per heavy atom. The highest BCUT2D eigenvalue weighted by Crippen LogP contribution is 2.19. The molecule has 0 aliphatic carbocycles. The third-order valence-electron chi connectivity index (χ3n) is 1.89. The zero-order valence-corrected chi connectivity index (χ0v) is 8.70. The predicted molar refractivity (Wildman–Crippen MR) is 52.0 cm³/mol. The summed E-state index contributed by atoms with van der Waals surface area (Å²) >= 11 is 0. The zero-order chi connectivity index (χ0) is 8.48. The first-order valence-electron chi connectivity index (χ1n) is 3.93. The standard InChI is InChI=1S/C8H17N2P/c1-8(2,3)10-5-4-9(6-10)7-11/h4-5H,6-7,11H2,1-3H3. The molecule has 1 heterocycles. The smallest absolute Gasteiger partial charge is 0.0901 e. The van der Waals surface area contributed by atoms with Crippen molar-refractivity contribution in [2.75, 3.05) is 13.0 Å². The van der Waals surface area contributed by atoms with Crippen LogP contribution in [0.2, 0.25) is 0 Å². The van der Waals surface area contributed by atoms with Crippen molar-refractivity contribution in [3.63, 3.8) is 0 Å². The molecule has 11 heavy (non-hydrogen) atoms. The fourth-order valence-corrected chi connectivity index (χ4v) is 1.26. The molecule has 0 fully saturated rings. The summed E-state index contributed by atoms with van der Waals surface area (Å²) in [5.41, 5.74) is 0.255. The van der Waals surface area contributed by atoms with Crippen LogP contribution >= 0.6 is 9.24 Å². The molecule has 3 heteroatoms. The molecular formula is C8H17N2P. The lowest BCUT2D eigenvalue weighted by Crippen LogP contribution is -2.38. The second-order valence-electron chi connectivity index (χ2n) is 3.85. The second-order valence-corrected chi connectivity index (χ2v) is 4.22. The fourth-order valence-electron chi connectivity index (χ4n) is 1.02. The molecule has 2 nitrogen and oxygen atoms in total. The van der Waals surface area contributed by atoms with Crippen molar-refractivity contribution in [2.45, 2.75) is 26.3 Å². The molecule has 1 aliphatic heterocycles. The number of rotatable bonds is 1. The van der Waals surface area contributed by atoms with Crippen LogP contribution in [0.5, 0.6) is 0 Å². The van der Waals surface area contributed by atoms with E-state index in [1.807, 2.05) is 0 Å². The Bertz CT molecular complexity index is 160. The average Bonchev–Trinajstić information content (AvgIpc) is 2.32. The summed E-state index contributed by atoms with van der Waals surface area (Å²) in [4.78, 5) is 4.59. The summed E-state index contributed by atoms with van der Waals surface area (Å²) in [7, 11) is 2.73. The Morgan fingerprint density at radius 1 is 1.36 bits per heavy atom. The van der Waals surface area contributed by atoms with E-state index in [9.17, 15) is 0 Å². The molecule has 1 rings (SSSR count). The van der Waals surface area contributed by atoms with E-state index in [-0.39, 0.29) is 5.54 Å². The van der Waals surface area contributed by atoms with Gasteiger partial charge in [-0.25, -0.2) is 0 Å². The molecular weight excluding hydrogens is 155 g/mol. The van der Waals surface area contributed by atoms with E-state index in [1.165, 1.54) is 0 Å². The lowest BCUT2D eigenvalue weighted by atomic mass is 10.1. The van der Waals surface area contributed by atoms with Gasteiger partial charge in [-0.3, -0.25) is 0 Å². The van der Waals surface area contributed by atoms with Gasteiger partial charge in [-0.1, -0.05) is 0 Å². The summed E-state index contributed by atoms with van der Waals surface area (Å²) in [6.07, 6.45) is 5.31. The van der Waals surface area contributed by atoms with Gasteiger partial charge in [0.05, 0.1) is 6.67 Å². The molecule has 0 radical (unpaired) electrons. The highest BCUT2D eigenvalue weighted by molar-refractivity contribution is 7.16. The largest absolute Gasteiger partial charge is 0.355 e. The lowest BCUT2D eigenvalue weighted by molar-refractivity contribution is 0.171. The van der Waals surface area contributed by atoms with E-state index >= 15 is 0 Å². The summed E-state index contributed by atoms with van der Waals surface area (Å²) in [6, 6.07) is 0. The van der Waals surface area contributed by atoms with E-state index < -0.39 is 0 Å². The minimum absolute atomic E-state index is 0.255. The molecule has 0 N–H and O–H groups in total. The van der Waals surface area contributed by atoms with Gasteiger partial charge in [0.1, 0.15) is 0 Å². The SMILES string of the molecule is CC(C)(C)N1C=CN(CP)C1. The summed E-state index contributed by atoms with van der Waals surface area (Å²) in [6.45, 7) is 7.70. The molecule has 0 spiro atoms. The molecule has 1 unspecified atom stereocenters. The minimum atomic E-state index is 0.255. The topological polar surface area (TPSA) is 6.48 Å². The molecule has 1 aliphatic rings. The van der Waals surface area contributed by atoms with Gasteiger partial charge in [0, 0.05) is 24.2 Å². The van der Waals surface area contributed by atoms with Crippen molar-refractivity contribution in [1.29, 1.82) is 0 Å². The first-order valence-corrected chi connectivity index (χ1v) is 4.75. The molecule has 64 valence electrons. The number of nitrogens with zero attached hydrogens (tertiary/aromatic N) is 2. The Labute approximate surface area is 71.4 Å². The van der Waals surface area contributed by atoms with Crippen LogP contribution in [0.4, 0.5) is 0 Å². The molecule has 0 amide bonds. The second kappa shape index (κ2) is 3.02. The van der Waals surface area contributed by atoms with Gasteiger partial charge in [-0.2, -0.15) is 0 Å². The Morgan fingerprint density at radius 3 is 2.27 bits per heavy atom. The van der Waals surface area contributed by atoms with Gasteiger partial charge >= 0.3 is 0 Å². The van der Waals surface area contributed by atoms with Crippen molar-refractivity contribution in [3.8, 4) is 0 Å². The van der Waals surface area contributed by atoms with Crippen LogP contribution in [0.3, 0.4) is 0 Å². The van der Waals surface area contributed by atoms with Crippen LogP contribution in [0.15, 0.2) is 12.4 Å². The monoisotopic (exact) mass is 172 g/mol. The van der Waals surface area contributed by atoms with Gasteiger partial charge in [-0.15, -0.1) is 9.24 Å². The van der Waals surface area contributed by atoms with E-state index in [1.54, 1.807) is 0 Å². The van der Waals surface area contributed by atoms with Crippen molar-refractivity contribution >= 4 is 9.24 Å². The maximum absolute atomic E-state index is 2.73. The quantitative estimate of drug-likeness (QED) is 0.555. The van der Waals surface area contributed by atoms with Gasteiger partial charge < -0.3 is 9.80 Å². The Balaban J connectivity index is 2.50. The number of hydrogen-bond donors (Lipinski definition) is 0. The minimum Gasteiger partial charge on any atom is -0.355 e. The number of hydrogen-bond acceptors (Lipinski definition) is 2. The van der Waals surface area contributed by atoms with Crippen LogP contribution in [0.25, 0.3) is 0 Å². The molecule has 0 aromatic heterocycles. The highest BCUT2D eigenvalue weighted by atomic mass is 31.0. The average molecular weight is 172 g/mol. The maximum Gasteiger partial charge on any atom is 0.0901 e. The van der Waals surface area contributed by atoms with Crippen molar-refractivity contribution < 1.29 is 0 Å². The van der Waals surface area contributed by atoms with E-state index in [4.69, 9.17) is 0 Å². The van der Waals surface area contributed by atoms with Gasteiger partial charge in [0.25, 0.3) is 0 Å². The summed E-state index contributed by atoms with van der Waals surface area (Å²) in [5, 5.41) is 0. The third kappa shape index (κ3) is 2.10. The predicted octanol–water partition coefficient (Wildman–Crippen LogP) is 1.66. The van der Waals surface area contributed by atoms with Crippen molar-refractivity contribution in [2.24, 2.45) is 0 Å². The van der Waals surface area contributed by atoms with E-state index in [0.29, 0.717) is 0 Å². The lowest BCUT2D eigenvalue weighted by Gasteiger charge is -2.32. The Hall–Kier alpha value is -0.230. The van der Waals surface area contributed by atoms with E-state index in [0.717, 1.165) is 13.0 Å². The molecule has 1 atom stereocenters. The Kier molecular flexibility index (Phi) is 2.43. The molecule has 0 aromatic carbocycles. The van der Waals surface area contributed by atoms with Gasteiger partial charge in [-0.05, 0) is 20.8 Å². The van der Waals surface area contributed by atoms with Crippen LogP contribution in [-0.2, 0) is 0 Å². The third-order valence-corrected chi connectivity index (χ3v) is 2.36. The van der Waals surface area contributed by atoms with Crippen LogP contribution in [0.1, 0.15) is 20.8 Å². The molecule has 0 bridgehead atoms. The van der Waals surface area contributed by atoms with Crippen LogP contribution in [-0.4, -0.2) is 28.3 Å². The summed E-state index contributed by atoms with van der Waals surface area (Å²) < 4.78 is 0. The summed E-state index contributed by atoms with van der Waals surface area (Å²) in [5.74, 6) is 0. The van der Waals surface area contributed by atoms with Crippen molar-refractivity contribution in [1.82, 2.24) is 9.80 Å². The zero-order valence-electron chi connectivity index (χ0n) is 7.54. The van der Waals surface area contributed by atoms with Gasteiger partial charge in [0.2, 0.25) is 0 Å². The van der Waals surface area contributed by atoms with E-state index in [2.05, 4.69) is 52.2 Å². The van der Waals surface area contributed by atoms with Crippen molar-refractivity contribution in [3.05, 3.63) is 12.4 Å². The normalized spacial score (nSPS) is 18.2. The molecule has 0 saturated carbocycles. The maximum atomic E-state index is 2.73. The molecule has 0 saturated heterocycles. The first-order chi connectivity index (χ1) is 5.04.